The summed E-state index contributed by atoms with van der Waals surface area (Å²) in [4.78, 5) is 36.5. The molecule has 0 amide bonds. The lowest BCUT2D eigenvalue weighted by atomic mass is 10.3. The predicted molar refractivity (Wildman–Crippen MR) is 70.9 cm³/mol. The van der Waals surface area contributed by atoms with E-state index in [1.165, 1.54) is 6.92 Å². The van der Waals surface area contributed by atoms with Gasteiger partial charge in [0.05, 0.1) is 24.2 Å². The van der Waals surface area contributed by atoms with Gasteiger partial charge in [0.25, 0.3) is 11.6 Å². The van der Waals surface area contributed by atoms with E-state index in [1.54, 1.807) is 13.8 Å². The second kappa shape index (κ2) is 7.76. The molecule has 10 nitrogen and oxygen atoms in total. The summed E-state index contributed by atoms with van der Waals surface area (Å²) in [6.07, 6.45) is -2.20. The van der Waals surface area contributed by atoms with Gasteiger partial charge in [0, 0.05) is 0 Å². The quantitative estimate of drug-likeness (QED) is 0.457. The van der Waals surface area contributed by atoms with Gasteiger partial charge in [-0.1, -0.05) is 0 Å². The van der Waals surface area contributed by atoms with Crippen molar-refractivity contribution < 1.29 is 33.5 Å². The van der Waals surface area contributed by atoms with Gasteiger partial charge in [-0.2, -0.15) is 0 Å². The average molecular weight is 314 g/mol. The van der Waals surface area contributed by atoms with Crippen LogP contribution in [0, 0.1) is 17.0 Å². The van der Waals surface area contributed by atoms with E-state index in [-0.39, 0.29) is 18.9 Å². The van der Waals surface area contributed by atoms with E-state index < -0.39 is 34.6 Å². The summed E-state index contributed by atoms with van der Waals surface area (Å²) in [6, 6.07) is 0.911. The third kappa shape index (κ3) is 4.58. The van der Waals surface area contributed by atoms with Crippen molar-refractivity contribution in [2.45, 2.75) is 20.8 Å². The number of rotatable bonds is 5. The molecule has 0 spiro atoms. The van der Waals surface area contributed by atoms with Crippen molar-refractivity contribution in [3.8, 4) is 11.6 Å². The molecule has 0 radical (unpaired) electrons. The summed E-state index contributed by atoms with van der Waals surface area (Å²) in [7, 11) is 0. The van der Waals surface area contributed by atoms with Gasteiger partial charge in [-0.05, 0) is 20.8 Å². The molecule has 0 aliphatic heterocycles. The Morgan fingerprint density at radius 2 is 1.73 bits per heavy atom. The summed E-state index contributed by atoms with van der Waals surface area (Å²) < 4.78 is 18.6. The average Bonchev–Trinajstić information content (AvgIpc) is 2.41. The number of ether oxygens (including phenoxy) is 4. The van der Waals surface area contributed by atoms with Crippen LogP contribution in [-0.4, -0.2) is 35.4 Å². The van der Waals surface area contributed by atoms with E-state index in [4.69, 9.17) is 9.47 Å². The van der Waals surface area contributed by atoms with Crippen LogP contribution in [0.25, 0.3) is 0 Å². The molecule has 1 aromatic heterocycles. The number of nitro groups is 1. The van der Waals surface area contributed by atoms with Crippen molar-refractivity contribution in [2.24, 2.45) is 0 Å². The molecule has 0 bridgehead atoms. The third-order valence-electron chi connectivity index (χ3n) is 2.21. The number of hydrogen-bond acceptors (Lipinski definition) is 9. The van der Waals surface area contributed by atoms with Crippen LogP contribution in [0.4, 0.5) is 15.3 Å². The highest BCUT2D eigenvalue weighted by Gasteiger charge is 2.23. The minimum atomic E-state index is -1.11. The minimum absolute atomic E-state index is 0.0273. The van der Waals surface area contributed by atoms with E-state index in [1.807, 2.05) is 0 Å². The fourth-order valence-corrected chi connectivity index (χ4v) is 1.35. The molecular weight excluding hydrogens is 300 g/mol. The number of aromatic nitrogens is 1. The van der Waals surface area contributed by atoms with Crippen molar-refractivity contribution in [3.63, 3.8) is 0 Å². The van der Waals surface area contributed by atoms with Crippen LogP contribution in [0.3, 0.4) is 0 Å². The van der Waals surface area contributed by atoms with E-state index >= 15 is 0 Å². The molecular formula is C12H14N2O8. The Hall–Kier alpha value is -2.91. The first-order valence-corrected chi connectivity index (χ1v) is 6.24. The molecule has 0 aromatic carbocycles. The van der Waals surface area contributed by atoms with Crippen LogP contribution in [0.1, 0.15) is 19.5 Å². The molecule has 1 heterocycles. The smallest absolute Gasteiger partial charge is 0.434 e. The van der Waals surface area contributed by atoms with Crippen LogP contribution in [0.2, 0.25) is 0 Å². The monoisotopic (exact) mass is 314 g/mol. The molecule has 0 aliphatic rings. The Kier molecular flexibility index (Phi) is 6.05. The van der Waals surface area contributed by atoms with Crippen molar-refractivity contribution in [1.29, 1.82) is 0 Å². The summed E-state index contributed by atoms with van der Waals surface area (Å²) in [5.41, 5.74) is -0.434. The third-order valence-corrected chi connectivity index (χ3v) is 2.21. The molecule has 1 rings (SSSR count). The van der Waals surface area contributed by atoms with Crippen molar-refractivity contribution in [1.82, 2.24) is 4.98 Å². The summed E-state index contributed by atoms with van der Waals surface area (Å²) in [5.74, 6) is -0.863. The number of carbonyl (C=O) groups is 2. The Morgan fingerprint density at radius 1 is 1.18 bits per heavy atom. The standard InChI is InChI=1S/C12H14N2O8/c1-4-19-11(15)21-9-6-8(14(17)18)7(3)13-10(9)22-12(16)20-5-2/h6H,4-5H2,1-3H3. The summed E-state index contributed by atoms with van der Waals surface area (Å²) >= 11 is 0. The molecule has 22 heavy (non-hydrogen) atoms. The van der Waals surface area contributed by atoms with Crippen LogP contribution in [0.15, 0.2) is 6.07 Å². The maximum atomic E-state index is 11.3. The predicted octanol–water partition coefficient (Wildman–Crippen LogP) is 2.37. The fourth-order valence-electron chi connectivity index (χ4n) is 1.35. The van der Waals surface area contributed by atoms with Crippen molar-refractivity contribution in [2.75, 3.05) is 13.2 Å². The molecule has 120 valence electrons. The van der Waals surface area contributed by atoms with Crippen molar-refractivity contribution in [3.05, 3.63) is 21.9 Å². The van der Waals surface area contributed by atoms with Crippen LogP contribution in [0.5, 0.6) is 11.6 Å². The first kappa shape index (κ1) is 17.1. The fraction of sp³-hybridized carbons (Fsp3) is 0.417. The molecule has 0 saturated carbocycles. The lowest BCUT2D eigenvalue weighted by Gasteiger charge is -2.10. The van der Waals surface area contributed by atoms with Gasteiger partial charge in [-0.25, -0.2) is 14.6 Å². The molecule has 0 N–H and O–H groups in total. The maximum absolute atomic E-state index is 11.3. The Labute approximate surface area is 125 Å². The summed E-state index contributed by atoms with van der Waals surface area (Å²) in [5, 5.41) is 10.9. The second-order valence-electron chi connectivity index (χ2n) is 3.72. The van der Waals surface area contributed by atoms with Gasteiger partial charge in [0.2, 0.25) is 5.75 Å². The van der Waals surface area contributed by atoms with Gasteiger partial charge in [-0.15, -0.1) is 0 Å². The van der Waals surface area contributed by atoms with Gasteiger partial charge < -0.3 is 18.9 Å². The van der Waals surface area contributed by atoms with Crippen LogP contribution >= 0.6 is 0 Å². The number of hydrogen-bond donors (Lipinski definition) is 0. The number of carbonyl (C=O) groups excluding carboxylic acids is 2. The normalized spacial score (nSPS) is 9.77. The van der Waals surface area contributed by atoms with E-state index in [0.717, 1.165) is 6.07 Å². The highest BCUT2D eigenvalue weighted by molar-refractivity contribution is 5.69. The zero-order valence-corrected chi connectivity index (χ0v) is 12.2. The molecule has 0 fully saturated rings. The molecule has 0 aliphatic carbocycles. The van der Waals surface area contributed by atoms with E-state index in [2.05, 4.69) is 14.5 Å². The van der Waals surface area contributed by atoms with Gasteiger partial charge in [-0.3, -0.25) is 10.1 Å². The number of pyridine rings is 1. The number of aryl methyl sites for hydroxylation is 1. The topological polar surface area (TPSA) is 127 Å². The minimum Gasteiger partial charge on any atom is -0.434 e. The Bertz CT molecular complexity index is 587. The van der Waals surface area contributed by atoms with E-state index in [0.29, 0.717) is 0 Å². The van der Waals surface area contributed by atoms with Crippen LogP contribution in [-0.2, 0) is 9.47 Å². The molecule has 1 aromatic rings. The molecule has 0 unspecified atom stereocenters. The summed E-state index contributed by atoms with van der Waals surface area (Å²) in [6.45, 7) is 4.54. The highest BCUT2D eigenvalue weighted by Crippen LogP contribution is 2.32. The SMILES string of the molecule is CCOC(=O)Oc1cc([N+](=O)[O-])c(C)nc1OC(=O)OCC. The van der Waals surface area contributed by atoms with Gasteiger partial charge in [0.15, 0.2) is 0 Å². The number of nitrogens with zero attached hydrogens (tertiary/aromatic N) is 2. The maximum Gasteiger partial charge on any atom is 0.515 e. The molecule has 10 heteroatoms. The zero-order chi connectivity index (χ0) is 16.7. The first-order valence-electron chi connectivity index (χ1n) is 6.24. The highest BCUT2D eigenvalue weighted by atomic mass is 16.7. The van der Waals surface area contributed by atoms with Crippen LogP contribution < -0.4 is 9.47 Å². The molecule has 0 atom stereocenters. The van der Waals surface area contributed by atoms with Gasteiger partial charge >= 0.3 is 12.3 Å². The lowest BCUT2D eigenvalue weighted by Crippen LogP contribution is -2.15. The zero-order valence-electron chi connectivity index (χ0n) is 12.2. The lowest BCUT2D eigenvalue weighted by molar-refractivity contribution is -0.385. The van der Waals surface area contributed by atoms with Crippen molar-refractivity contribution >= 4 is 18.0 Å². The Balaban J connectivity index is 3.16. The van der Waals surface area contributed by atoms with Gasteiger partial charge in [0.1, 0.15) is 5.69 Å². The van der Waals surface area contributed by atoms with E-state index in [9.17, 15) is 19.7 Å². The first-order chi connectivity index (χ1) is 10.4. The Morgan fingerprint density at radius 3 is 2.23 bits per heavy atom. The second-order valence-corrected chi connectivity index (χ2v) is 3.72. The molecule has 0 saturated heterocycles. The largest absolute Gasteiger partial charge is 0.515 e.